The van der Waals surface area contributed by atoms with Gasteiger partial charge in [-0.2, -0.15) is 5.10 Å². The highest BCUT2D eigenvalue weighted by atomic mass is 16.2. The molecule has 3 heteroatoms. The predicted molar refractivity (Wildman–Crippen MR) is 35.0 cm³/mol. The van der Waals surface area contributed by atoms with Gasteiger partial charge >= 0.3 is 0 Å². The topological polar surface area (TPSA) is 41.5 Å². The van der Waals surface area contributed by atoms with E-state index in [0.717, 1.165) is 12.8 Å². The second kappa shape index (κ2) is 2.62. The summed E-state index contributed by atoms with van der Waals surface area (Å²) in [5.41, 5.74) is 2.42. The lowest BCUT2D eigenvalue weighted by Gasteiger charge is -1.92. The maximum absolute atomic E-state index is 10.7. The van der Waals surface area contributed by atoms with Gasteiger partial charge < -0.3 is 0 Å². The van der Waals surface area contributed by atoms with Crippen molar-refractivity contribution in [3.8, 4) is 0 Å². The van der Waals surface area contributed by atoms with Gasteiger partial charge in [0.1, 0.15) is 0 Å². The van der Waals surface area contributed by atoms with Crippen molar-refractivity contribution in [1.29, 1.82) is 0 Å². The van der Waals surface area contributed by atoms with Crippen molar-refractivity contribution >= 4 is 12.1 Å². The van der Waals surface area contributed by atoms with E-state index in [9.17, 15) is 4.79 Å². The third-order valence-electron chi connectivity index (χ3n) is 1.25. The molecule has 1 rings (SSSR count). The number of hydrazone groups is 1. The molecule has 1 aliphatic carbocycles. The van der Waals surface area contributed by atoms with Crippen LogP contribution < -0.4 is 5.43 Å². The number of amides is 1. The normalized spacial score (nSPS) is 18.3. The molecular formula is C6H10N2O. The summed E-state index contributed by atoms with van der Waals surface area (Å²) >= 11 is 0. The number of nitrogens with one attached hydrogen (secondary N) is 1. The van der Waals surface area contributed by atoms with E-state index in [2.05, 4.69) is 10.5 Å². The molecule has 0 heterocycles. The quantitative estimate of drug-likeness (QED) is 0.425. The van der Waals surface area contributed by atoms with Gasteiger partial charge in [-0.3, -0.25) is 4.79 Å². The molecule has 1 saturated carbocycles. The molecule has 0 unspecified atom stereocenters. The fourth-order valence-electron chi connectivity index (χ4n) is 0.565. The van der Waals surface area contributed by atoms with Gasteiger partial charge in [0.25, 0.3) is 0 Å². The lowest BCUT2D eigenvalue weighted by molar-refractivity contribution is -0.122. The molecule has 0 aliphatic heterocycles. The minimum absolute atomic E-state index is 0.0631. The maximum atomic E-state index is 10.7. The van der Waals surface area contributed by atoms with E-state index >= 15 is 0 Å². The third-order valence-corrected chi connectivity index (χ3v) is 1.25. The van der Waals surface area contributed by atoms with Crippen LogP contribution in [0.15, 0.2) is 5.10 Å². The molecule has 0 aromatic rings. The average Bonchev–Trinajstić information content (AvgIpc) is 2.63. The first kappa shape index (κ1) is 6.26. The molecule has 0 aromatic heterocycles. The van der Waals surface area contributed by atoms with Gasteiger partial charge in [-0.05, 0) is 19.8 Å². The fraction of sp³-hybridized carbons (Fsp3) is 0.667. The molecule has 1 N–H and O–H groups in total. The molecule has 9 heavy (non-hydrogen) atoms. The number of hydrogen-bond acceptors (Lipinski definition) is 2. The average molecular weight is 126 g/mol. The van der Waals surface area contributed by atoms with Crippen LogP contribution in [0, 0.1) is 5.92 Å². The van der Waals surface area contributed by atoms with Crippen LogP contribution in [0.2, 0.25) is 0 Å². The molecule has 1 fully saturated rings. The molecule has 0 bridgehead atoms. The van der Waals surface area contributed by atoms with Crippen molar-refractivity contribution < 1.29 is 4.79 Å². The molecule has 0 atom stereocenters. The molecule has 0 aromatic carbocycles. The number of hydrogen-bond donors (Lipinski definition) is 1. The largest absolute Gasteiger partial charge is 0.273 e. The summed E-state index contributed by atoms with van der Waals surface area (Å²) in [5.74, 6) is 0.321. The Hall–Kier alpha value is -0.860. The Morgan fingerprint density at radius 1 is 1.78 bits per heavy atom. The molecule has 1 amide bonds. The van der Waals surface area contributed by atoms with Crippen molar-refractivity contribution in [2.75, 3.05) is 0 Å². The van der Waals surface area contributed by atoms with E-state index < -0.39 is 0 Å². The predicted octanol–water partition coefficient (Wildman–Crippen LogP) is 0.518. The summed E-state index contributed by atoms with van der Waals surface area (Å²) in [6.07, 6.45) is 3.64. The van der Waals surface area contributed by atoms with E-state index in [0.29, 0.717) is 0 Å². The zero-order valence-corrected chi connectivity index (χ0v) is 5.42. The number of carbonyl (C=O) groups excluding carboxylic acids is 1. The second-order valence-electron chi connectivity index (χ2n) is 2.14. The maximum Gasteiger partial charge on any atom is 0.243 e. The molecule has 0 saturated heterocycles. The Morgan fingerprint density at radius 2 is 2.44 bits per heavy atom. The molecule has 0 radical (unpaired) electrons. The Bertz CT molecular complexity index is 138. The van der Waals surface area contributed by atoms with Crippen molar-refractivity contribution in [2.45, 2.75) is 19.8 Å². The zero-order chi connectivity index (χ0) is 6.69. The summed E-state index contributed by atoms with van der Waals surface area (Å²) in [4.78, 5) is 10.7. The molecule has 0 spiro atoms. The van der Waals surface area contributed by atoms with E-state index in [1.165, 1.54) is 0 Å². The van der Waals surface area contributed by atoms with Gasteiger partial charge in [-0.25, -0.2) is 5.43 Å². The van der Waals surface area contributed by atoms with E-state index in [1.54, 1.807) is 13.1 Å². The smallest absolute Gasteiger partial charge is 0.243 e. The van der Waals surface area contributed by atoms with E-state index in [-0.39, 0.29) is 11.8 Å². The number of rotatable bonds is 2. The summed E-state index contributed by atoms with van der Waals surface area (Å²) in [7, 11) is 0. The van der Waals surface area contributed by atoms with Crippen LogP contribution in [0.25, 0.3) is 0 Å². The Kier molecular flexibility index (Phi) is 1.82. The lowest BCUT2D eigenvalue weighted by atomic mass is 10.4. The fourth-order valence-corrected chi connectivity index (χ4v) is 0.565. The summed E-state index contributed by atoms with van der Waals surface area (Å²) in [6, 6.07) is 0. The Balaban J connectivity index is 2.18. The van der Waals surface area contributed by atoms with Gasteiger partial charge in [-0.1, -0.05) is 0 Å². The van der Waals surface area contributed by atoms with Gasteiger partial charge in [0.2, 0.25) is 5.91 Å². The highest BCUT2D eigenvalue weighted by Crippen LogP contribution is 2.28. The van der Waals surface area contributed by atoms with Crippen LogP contribution in [0.4, 0.5) is 0 Å². The minimum atomic E-state index is 0.0631. The first-order valence-electron chi connectivity index (χ1n) is 3.12. The third kappa shape index (κ3) is 1.83. The van der Waals surface area contributed by atoms with Gasteiger partial charge in [0, 0.05) is 12.1 Å². The zero-order valence-electron chi connectivity index (χ0n) is 5.42. The van der Waals surface area contributed by atoms with Gasteiger partial charge in [-0.15, -0.1) is 0 Å². The molecular weight excluding hydrogens is 116 g/mol. The first-order chi connectivity index (χ1) is 4.34. The molecule has 1 aliphatic rings. The highest BCUT2D eigenvalue weighted by Gasteiger charge is 2.29. The number of nitrogens with zero attached hydrogens (tertiary/aromatic N) is 1. The molecule has 3 nitrogen and oxygen atoms in total. The van der Waals surface area contributed by atoms with Crippen LogP contribution in [0.1, 0.15) is 19.8 Å². The number of carbonyl (C=O) groups is 1. The SMILES string of the molecule is C/C=N/NC(=O)C1CC1. The van der Waals surface area contributed by atoms with Crippen molar-refractivity contribution in [3.63, 3.8) is 0 Å². The second-order valence-corrected chi connectivity index (χ2v) is 2.14. The standard InChI is InChI=1S/C6H10N2O/c1-2-7-8-6(9)5-3-4-5/h2,5H,3-4H2,1H3,(H,8,9)/b7-2+. The summed E-state index contributed by atoms with van der Waals surface area (Å²) < 4.78 is 0. The summed E-state index contributed by atoms with van der Waals surface area (Å²) in [6.45, 7) is 1.77. The highest BCUT2D eigenvalue weighted by molar-refractivity contribution is 5.81. The van der Waals surface area contributed by atoms with Gasteiger partial charge in [0.05, 0.1) is 0 Å². The van der Waals surface area contributed by atoms with Crippen LogP contribution in [-0.4, -0.2) is 12.1 Å². The van der Waals surface area contributed by atoms with Crippen LogP contribution >= 0.6 is 0 Å². The summed E-state index contributed by atoms with van der Waals surface area (Å²) in [5, 5.41) is 3.61. The minimum Gasteiger partial charge on any atom is -0.273 e. The van der Waals surface area contributed by atoms with Gasteiger partial charge in [0.15, 0.2) is 0 Å². The van der Waals surface area contributed by atoms with Crippen LogP contribution in [-0.2, 0) is 4.79 Å². The van der Waals surface area contributed by atoms with Crippen molar-refractivity contribution in [2.24, 2.45) is 11.0 Å². The molecule has 50 valence electrons. The van der Waals surface area contributed by atoms with Crippen molar-refractivity contribution in [3.05, 3.63) is 0 Å². The van der Waals surface area contributed by atoms with Crippen molar-refractivity contribution in [1.82, 2.24) is 5.43 Å². The van der Waals surface area contributed by atoms with Crippen LogP contribution in [0.3, 0.4) is 0 Å². The lowest BCUT2D eigenvalue weighted by Crippen LogP contribution is -2.18. The first-order valence-corrected chi connectivity index (χ1v) is 3.12. The van der Waals surface area contributed by atoms with Crippen LogP contribution in [0.5, 0.6) is 0 Å². The Labute approximate surface area is 54.1 Å². The monoisotopic (exact) mass is 126 g/mol. The van der Waals surface area contributed by atoms with E-state index in [1.807, 2.05) is 0 Å². The van der Waals surface area contributed by atoms with E-state index in [4.69, 9.17) is 0 Å². The Morgan fingerprint density at radius 3 is 2.89 bits per heavy atom.